The van der Waals surface area contributed by atoms with Crippen LogP contribution in [0.1, 0.15) is 40.2 Å². The Hall–Kier alpha value is -1.59. The van der Waals surface area contributed by atoms with Crippen molar-refractivity contribution in [2.24, 2.45) is 0 Å². The van der Waals surface area contributed by atoms with Crippen molar-refractivity contribution in [2.75, 3.05) is 13.7 Å². The van der Waals surface area contributed by atoms with E-state index in [-0.39, 0.29) is 0 Å². The van der Waals surface area contributed by atoms with Gasteiger partial charge in [0.2, 0.25) is 0 Å². The first kappa shape index (κ1) is 18.7. The first-order valence-corrected chi connectivity index (χ1v) is 7.95. The molecule has 24 heavy (non-hydrogen) atoms. The van der Waals surface area contributed by atoms with Crippen molar-refractivity contribution in [2.45, 2.75) is 52.3 Å². The maximum atomic E-state index is 9.19. The zero-order valence-electron chi connectivity index (χ0n) is 15.1. The third kappa shape index (κ3) is 3.73. The highest BCUT2D eigenvalue weighted by Crippen LogP contribution is 2.37. The minimum absolute atomic E-state index is 0.445. The van der Waals surface area contributed by atoms with Crippen molar-refractivity contribution in [3.05, 3.63) is 23.8 Å². The van der Waals surface area contributed by atoms with Gasteiger partial charge in [0.05, 0.1) is 29.4 Å². The SMILES string of the molecule is CCOC(OC)Oc1ccc(C#N)cc1B1OC(C)(C)C(C)(C)O1. The lowest BCUT2D eigenvalue weighted by Gasteiger charge is -2.32. The fourth-order valence-electron chi connectivity index (χ4n) is 2.27. The number of benzene rings is 1. The van der Waals surface area contributed by atoms with Crippen LogP contribution in [-0.2, 0) is 18.8 Å². The van der Waals surface area contributed by atoms with Crippen LogP contribution in [0.3, 0.4) is 0 Å². The zero-order valence-corrected chi connectivity index (χ0v) is 15.1. The van der Waals surface area contributed by atoms with Gasteiger partial charge in [-0.05, 0) is 52.8 Å². The molecule has 0 aliphatic carbocycles. The predicted octanol–water partition coefficient (Wildman–Crippen LogP) is 2.20. The van der Waals surface area contributed by atoms with Crippen LogP contribution in [0, 0.1) is 11.3 Å². The zero-order chi connectivity index (χ0) is 18.0. The van der Waals surface area contributed by atoms with E-state index in [9.17, 15) is 5.26 Å². The Morgan fingerprint density at radius 3 is 2.33 bits per heavy atom. The van der Waals surface area contributed by atoms with E-state index < -0.39 is 24.8 Å². The van der Waals surface area contributed by atoms with Crippen molar-refractivity contribution >= 4 is 12.6 Å². The van der Waals surface area contributed by atoms with Gasteiger partial charge in [-0.15, -0.1) is 0 Å². The van der Waals surface area contributed by atoms with E-state index in [0.717, 1.165) is 0 Å². The Morgan fingerprint density at radius 1 is 1.21 bits per heavy atom. The normalized spacial score (nSPS) is 19.8. The second-order valence-electron chi connectivity index (χ2n) is 6.55. The van der Waals surface area contributed by atoms with E-state index >= 15 is 0 Å². The third-order valence-electron chi connectivity index (χ3n) is 4.36. The molecule has 1 saturated heterocycles. The Balaban J connectivity index is 2.36. The van der Waals surface area contributed by atoms with Crippen LogP contribution >= 0.6 is 0 Å². The van der Waals surface area contributed by atoms with Crippen LogP contribution in [-0.4, -0.2) is 38.5 Å². The van der Waals surface area contributed by atoms with Gasteiger partial charge in [0.1, 0.15) is 5.75 Å². The fraction of sp³-hybridized carbons (Fsp3) is 0.588. The summed E-state index contributed by atoms with van der Waals surface area (Å²) in [4.78, 5) is 0. The molecule has 1 aromatic carbocycles. The smallest absolute Gasteiger partial charge is 0.442 e. The molecule has 1 aliphatic heterocycles. The van der Waals surface area contributed by atoms with Gasteiger partial charge in [0.15, 0.2) is 0 Å². The van der Waals surface area contributed by atoms with Crippen molar-refractivity contribution in [3.63, 3.8) is 0 Å². The van der Waals surface area contributed by atoms with E-state index in [4.69, 9.17) is 23.5 Å². The molecule has 1 aliphatic rings. The number of hydrogen-bond acceptors (Lipinski definition) is 6. The molecule has 2 rings (SSSR count). The number of rotatable bonds is 6. The topological polar surface area (TPSA) is 69.9 Å². The van der Waals surface area contributed by atoms with Gasteiger partial charge in [-0.3, -0.25) is 0 Å². The van der Waals surface area contributed by atoms with Crippen molar-refractivity contribution in [1.82, 2.24) is 0 Å². The molecule has 1 atom stereocenters. The monoisotopic (exact) mass is 333 g/mol. The molecule has 1 fully saturated rings. The Labute approximate surface area is 143 Å². The highest BCUT2D eigenvalue weighted by Gasteiger charge is 2.52. The summed E-state index contributed by atoms with van der Waals surface area (Å²) in [5.41, 5.74) is 0.156. The molecule has 1 heterocycles. The first-order valence-electron chi connectivity index (χ1n) is 7.95. The van der Waals surface area contributed by atoms with Gasteiger partial charge in [-0.25, -0.2) is 0 Å². The molecular weight excluding hydrogens is 309 g/mol. The molecule has 0 N–H and O–H groups in total. The second kappa shape index (κ2) is 7.12. The molecule has 130 valence electrons. The molecule has 7 heteroatoms. The summed E-state index contributed by atoms with van der Waals surface area (Å²) in [6.45, 7) is 9.34. The van der Waals surface area contributed by atoms with Gasteiger partial charge in [0, 0.05) is 12.6 Å². The summed E-state index contributed by atoms with van der Waals surface area (Å²) in [5, 5.41) is 9.19. The Bertz CT molecular complexity index is 610. The Morgan fingerprint density at radius 2 is 1.83 bits per heavy atom. The van der Waals surface area contributed by atoms with Crippen molar-refractivity contribution in [1.29, 1.82) is 5.26 Å². The van der Waals surface area contributed by atoms with E-state index in [1.165, 1.54) is 7.11 Å². The average molecular weight is 333 g/mol. The molecule has 0 radical (unpaired) electrons. The lowest BCUT2D eigenvalue weighted by atomic mass is 9.77. The maximum absolute atomic E-state index is 9.19. The lowest BCUT2D eigenvalue weighted by Crippen LogP contribution is -2.41. The second-order valence-corrected chi connectivity index (χ2v) is 6.55. The standard InChI is InChI=1S/C17H24BNO5/c1-7-21-15(20-6)22-14-9-8-12(11-19)10-13(14)18-23-16(2,3)17(4,5)24-18/h8-10,15H,7H2,1-6H3. The number of hydrogen-bond donors (Lipinski definition) is 0. The van der Waals surface area contributed by atoms with E-state index in [0.29, 0.717) is 23.4 Å². The minimum Gasteiger partial charge on any atom is -0.442 e. The third-order valence-corrected chi connectivity index (χ3v) is 4.36. The van der Waals surface area contributed by atoms with Gasteiger partial charge in [0.25, 0.3) is 0 Å². The van der Waals surface area contributed by atoms with Gasteiger partial charge >= 0.3 is 13.6 Å². The Kier molecular flexibility index (Phi) is 5.56. The molecule has 0 amide bonds. The summed E-state index contributed by atoms with van der Waals surface area (Å²) >= 11 is 0. The molecule has 0 aromatic heterocycles. The van der Waals surface area contributed by atoms with Crippen molar-refractivity contribution in [3.8, 4) is 11.8 Å². The van der Waals surface area contributed by atoms with E-state index in [1.807, 2.05) is 34.6 Å². The van der Waals surface area contributed by atoms with Crippen LogP contribution in [0.4, 0.5) is 0 Å². The van der Waals surface area contributed by atoms with E-state index in [2.05, 4.69) is 6.07 Å². The quantitative estimate of drug-likeness (QED) is 0.587. The fourth-order valence-corrected chi connectivity index (χ4v) is 2.27. The van der Waals surface area contributed by atoms with Gasteiger partial charge in [-0.2, -0.15) is 5.26 Å². The largest absolute Gasteiger partial charge is 0.498 e. The van der Waals surface area contributed by atoms with Crippen molar-refractivity contribution < 1.29 is 23.5 Å². The van der Waals surface area contributed by atoms with Crippen LogP contribution < -0.4 is 10.2 Å². The number of ether oxygens (including phenoxy) is 3. The molecule has 0 bridgehead atoms. The number of nitriles is 1. The van der Waals surface area contributed by atoms with Gasteiger partial charge < -0.3 is 23.5 Å². The van der Waals surface area contributed by atoms with Crippen LogP contribution in [0.5, 0.6) is 5.75 Å². The van der Waals surface area contributed by atoms with Crippen LogP contribution in [0.25, 0.3) is 0 Å². The molecule has 1 aromatic rings. The summed E-state index contributed by atoms with van der Waals surface area (Å²) in [6, 6.07) is 7.20. The summed E-state index contributed by atoms with van der Waals surface area (Å²) in [7, 11) is 0.857. The average Bonchev–Trinajstić information content (AvgIpc) is 2.75. The first-order chi connectivity index (χ1) is 11.2. The molecular formula is C17H24BNO5. The number of methoxy groups -OCH3 is 1. The minimum atomic E-state index is -0.843. The maximum Gasteiger partial charge on any atom is 0.498 e. The van der Waals surface area contributed by atoms with Crippen LogP contribution in [0.2, 0.25) is 0 Å². The number of nitrogens with zero attached hydrogens (tertiary/aromatic N) is 1. The molecule has 0 saturated carbocycles. The summed E-state index contributed by atoms with van der Waals surface area (Å²) in [5.74, 6) is 0.493. The van der Waals surface area contributed by atoms with Gasteiger partial charge in [-0.1, -0.05) is 0 Å². The highest BCUT2D eigenvalue weighted by molar-refractivity contribution is 6.63. The molecule has 1 unspecified atom stereocenters. The molecule has 6 nitrogen and oxygen atoms in total. The molecule has 0 spiro atoms. The highest BCUT2D eigenvalue weighted by atomic mass is 16.8. The summed E-state index contributed by atoms with van der Waals surface area (Å²) < 4.78 is 28.4. The summed E-state index contributed by atoms with van der Waals surface area (Å²) in [6.07, 6.45) is 0. The van der Waals surface area contributed by atoms with E-state index in [1.54, 1.807) is 18.2 Å². The lowest BCUT2D eigenvalue weighted by molar-refractivity contribution is -0.230. The predicted molar refractivity (Wildman–Crippen MR) is 89.9 cm³/mol. The van der Waals surface area contributed by atoms with Crippen LogP contribution in [0.15, 0.2) is 18.2 Å².